The molecule has 2 bridgehead atoms. The zero-order valence-electron chi connectivity index (χ0n) is 9.63. The Hall–Kier alpha value is -1.39. The molecule has 92 valence electrons. The van der Waals surface area contributed by atoms with Crippen LogP contribution in [0, 0.1) is 23.7 Å². The van der Waals surface area contributed by atoms with Gasteiger partial charge >= 0.3 is 5.97 Å². The second kappa shape index (κ2) is 3.31. The molecule has 0 aromatic rings. The van der Waals surface area contributed by atoms with E-state index < -0.39 is 12.0 Å². The van der Waals surface area contributed by atoms with E-state index in [0.717, 1.165) is 24.2 Å². The summed E-state index contributed by atoms with van der Waals surface area (Å²) in [5, 5.41) is 8.94. The molecule has 0 spiro atoms. The van der Waals surface area contributed by atoms with E-state index in [4.69, 9.17) is 5.11 Å². The molecule has 0 radical (unpaired) electrons. The number of carboxylic acids is 1. The van der Waals surface area contributed by atoms with Crippen molar-refractivity contribution < 1.29 is 19.5 Å². The second-order valence-electron chi connectivity index (χ2n) is 5.45. The molecule has 5 atom stereocenters. The van der Waals surface area contributed by atoms with Crippen LogP contribution in [0.5, 0.6) is 0 Å². The van der Waals surface area contributed by atoms with Gasteiger partial charge in [-0.2, -0.15) is 0 Å². The predicted octanol–water partition coefficient (Wildman–Crippen LogP) is 0.491. The highest BCUT2D eigenvalue weighted by Gasteiger charge is 2.62. The summed E-state index contributed by atoms with van der Waals surface area (Å²) in [7, 11) is 0. The van der Waals surface area contributed by atoms with Crippen molar-refractivity contribution in [3.8, 4) is 0 Å². The Morgan fingerprint density at radius 1 is 1.24 bits per heavy atom. The molecule has 1 aliphatic heterocycles. The summed E-state index contributed by atoms with van der Waals surface area (Å²) in [6, 6.07) is -1.03. The molecule has 0 unspecified atom stereocenters. The highest BCUT2D eigenvalue weighted by molar-refractivity contribution is 6.08. The Kier molecular flexibility index (Phi) is 2.09. The van der Waals surface area contributed by atoms with E-state index >= 15 is 0 Å². The normalized spacial score (nSPS) is 40.9. The fourth-order valence-corrected chi connectivity index (χ4v) is 3.92. The zero-order chi connectivity index (χ0) is 12.3. The molecular formula is C12H15NO4. The Morgan fingerprint density at radius 3 is 2.12 bits per heavy atom. The first kappa shape index (κ1) is 10.7. The summed E-state index contributed by atoms with van der Waals surface area (Å²) in [4.78, 5) is 36.3. The van der Waals surface area contributed by atoms with Gasteiger partial charge in [-0.15, -0.1) is 0 Å². The number of nitrogens with zero attached hydrogens (tertiary/aromatic N) is 1. The highest BCUT2D eigenvalue weighted by atomic mass is 16.4. The Morgan fingerprint density at radius 2 is 1.71 bits per heavy atom. The van der Waals surface area contributed by atoms with Gasteiger partial charge in [0.2, 0.25) is 11.8 Å². The van der Waals surface area contributed by atoms with Gasteiger partial charge in [-0.3, -0.25) is 14.5 Å². The van der Waals surface area contributed by atoms with E-state index in [1.165, 1.54) is 6.92 Å². The third-order valence-electron chi connectivity index (χ3n) is 4.71. The number of carboxylic acid groups (broad SMARTS) is 1. The van der Waals surface area contributed by atoms with Gasteiger partial charge in [0, 0.05) is 0 Å². The lowest BCUT2D eigenvalue weighted by Gasteiger charge is -2.20. The fourth-order valence-electron chi connectivity index (χ4n) is 3.92. The van der Waals surface area contributed by atoms with Crippen LogP contribution in [0.1, 0.15) is 26.2 Å². The Labute approximate surface area is 98.8 Å². The summed E-state index contributed by atoms with van der Waals surface area (Å²) < 4.78 is 0. The van der Waals surface area contributed by atoms with Crippen LogP contribution in [0.2, 0.25) is 0 Å². The van der Waals surface area contributed by atoms with E-state index in [1.54, 1.807) is 0 Å². The van der Waals surface area contributed by atoms with Gasteiger partial charge in [0.05, 0.1) is 11.8 Å². The number of hydrogen-bond donors (Lipinski definition) is 1. The monoisotopic (exact) mass is 237 g/mol. The van der Waals surface area contributed by atoms with Crippen LogP contribution in [0.25, 0.3) is 0 Å². The smallest absolute Gasteiger partial charge is 0.326 e. The van der Waals surface area contributed by atoms with Gasteiger partial charge in [-0.25, -0.2) is 4.79 Å². The van der Waals surface area contributed by atoms with Gasteiger partial charge in [-0.05, 0) is 38.0 Å². The van der Waals surface area contributed by atoms with Gasteiger partial charge in [0.15, 0.2) is 0 Å². The first-order chi connectivity index (χ1) is 8.02. The van der Waals surface area contributed by atoms with Crippen molar-refractivity contribution in [3.63, 3.8) is 0 Å². The molecule has 5 nitrogen and oxygen atoms in total. The number of aliphatic carboxylic acids is 1. The highest BCUT2D eigenvalue weighted by Crippen LogP contribution is 2.56. The van der Waals surface area contributed by atoms with Crippen molar-refractivity contribution in [2.45, 2.75) is 32.2 Å². The van der Waals surface area contributed by atoms with Crippen molar-refractivity contribution in [2.24, 2.45) is 23.7 Å². The summed E-state index contributed by atoms with van der Waals surface area (Å²) in [6.45, 7) is 1.40. The summed E-state index contributed by atoms with van der Waals surface area (Å²) >= 11 is 0. The number of imide groups is 1. The van der Waals surface area contributed by atoms with Crippen molar-refractivity contribution in [1.29, 1.82) is 0 Å². The van der Waals surface area contributed by atoms with Crippen LogP contribution in [0.15, 0.2) is 0 Å². The van der Waals surface area contributed by atoms with Crippen LogP contribution < -0.4 is 0 Å². The molecule has 17 heavy (non-hydrogen) atoms. The standard InChI is InChI=1S/C12H15NO4/c1-5(12(16)17)13-10(14)8-6-2-3-7(4-6)9(8)11(13)15/h5-9H,2-4H2,1H3,(H,16,17)/t5-,6+,7+,8-,9+/m0/s1. The molecule has 0 aromatic heterocycles. The molecule has 3 aliphatic rings. The molecule has 5 heteroatoms. The molecule has 0 aromatic carbocycles. The minimum Gasteiger partial charge on any atom is -0.480 e. The van der Waals surface area contributed by atoms with Crippen molar-refractivity contribution in [1.82, 2.24) is 4.90 Å². The molecular weight excluding hydrogens is 222 g/mol. The topological polar surface area (TPSA) is 74.7 Å². The summed E-state index contributed by atoms with van der Waals surface area (Å²) in [5.41, 5.74) is 0. The molecule has 1 heterocycles. The first-order valence-electron chi connectivity index (χ1n) is 6.12. The van der Waals surface area contributed by atoms with E-state index in [2.05, 4.69) is 0 Å². The maximum Gasteiger partial charge on any atom is 0.326 e. The van der Waals surface area contributed by atoms with Crippen LogP contribution in [0.4, 0.5) is 0 Å². The van der Waals surface area contributed by atoms with Crippen molar-refractivity contribution in [2.75, 3.05) is 0 Å². The lowest BCUT2D eigenvalue weighted by atomic mass is 9.81. The van der Waals surface area contributed by atoms with E-state index in [-0.39, 0.29) is 23.7 Å². The van der Waals surface area contributed by atoms with Crippen LogP contribution in [0.3, 0.4) is 0 Å². The zero-order valence-corrected chi connectivity index (χ0v) is 9.63. The van der Waals surface area contributed by atoms with Gasteiger partial charge < -0.3 is 5.11 Å². The molecule has 2 amide bonds. The van der Waals surface area contributed by atoms with Gasteiger partial charge in [-0.1, -0.05) is 0 Å². The molecule has 1 N–H and O–H groups in total. The first-order valence-corrected chi connectivity index (χ1v) is 6.12. The van der Waals surface area contributed by atoms with E-state index in [9.17, 15) is 14.4 Å². The minimum absolute atomic E-state index is 0.219. The number of amides is 2. The number of carbonyl (C=O) groups excluding carboxylic acids is 2. The second-order valence-corrected chi connectivity index (χ2v) is 5.45. The van der Waals surface area contributed by atoms with Gasteiger partial charge in [0.25, 0.3) is 0 Å². The average molecular weight is 237 g/mol. The maximum atomic E-state index is 12.2. The summed E-state index contributed by atoms with van der Waals surface area (Å²) in [5.74, 6) is -1.42. The summed E-state index contributed by atoms with van der Waals surface area (Å²) in [6.07, 6.45) is 3.00. The van der Waals surface area contributed by atoms with Crippen molar-refractivity contribution >= 4 is 17.8 Å². The van der Waals surface area contributed by atoms with E-state index in [0.29, 0.717) is 11.8 Å². The lowest BCUT2D eigenvalue weighted by molar-refractivity contribution is -0.154. The van der Waals surface area contributed by atoms with Crippen LogP contribution >= 0.6 is 0 Å². The number of likely N-dealkylation sites (tertiary alicyclic amines) is 1. The molecule has 3 rings (SSSR count). The molecule has 2 saturated carbocycles. The van der Waals surface area contributed by atoms with Crippen LogP contribution in [-0.2, 0) is 14.4 Å². The van der Waals surface area contributed by atoms with Crippen LogP contribution in [-0.4, -0.2) is 33.8 Å². The third-order valence-corrected chi connectivity index (χ3v) is 4.71. The number of carbonyl (C=O) groups is 3. The molecule has 2 aliphatic carbocycles. The maximum absolute atomic E-state index is 12.2. The number of hydrogen-bond acceptors (Lipinski definition) is 3. The number of rotatable bonds is 2. The predicted molar refractivity (Wildman–Crippen MR) is 56.8 cm³/mol. The third kappa shape index (κ3) is 1.22. The molecule has 3 fully saturated rings. The largest absolute Gasteiger partial charge is 0.480 e. The lowest BCUT2D eigenvalue weighted by Crippen LogP contribution is -2.44. The minimum atomic E-state index is -1.11. The van der Waals surface area contributed by atoms with Gasteiger partial charge in [0.1, 0.15) is 6.04 Å². The number of fused-ring (bicyclic) bond motifs is 5. The fraction of sp³-hybridized carbons (Fsp3) is 0.750. The average Bonchev–Trinajstić information content (AvgIpc) is 2.92. The SMILES string of the molecule is C[C@@H](C(=O)O)N1C(=O)[C@@H]2[C@@H]3CC[C@H](C3)[C@@H]2C1=O. The molecule has 1 saturated heterocycles. The quantitative estimate of drug-likeness (QED) is 0.709. The Bertz CT molecular complexity index is 391. The van der Waals surface area contributed by atoms with E-state index in [1.807, 2.05) is 0 Å². The Balaban J connectivity index is 1.93. The van der Waals surface area contributed by atoms with Crippen molar-refractivity contribution in [3.05, 3.63) is 0 Å².